The first-order valence-corrected chi connectivity index (χ1v) is 6.46. The Labute approximate surface area is 110 Å². The molecule has 0 aliphatic rings. The Bertz CT molecular complexity index is 330. The molecule has 4 heteroatoms. The first kappa shape index (κ1) is 13.2. The highest BCUT2D eigenvalue weighted by atomic mass is 127. The molecular formula is C11H16ClIN2. The maximum absolute atomic E-state index is 5.99. The number of hydrazine groups is 1. The Morgan fingerprint density at radius 2 is 2.20 bits per heavy atom. The van der Waals surface area contributed by atoms with Gasteiger partial charge in [0.1, 0.15) is 0 Å². The average molecular weight is 339 g/mol. The van der Waals surface area contributed by atoms with Crippen LogP contribution < -0.4 is 11.3 Å². The number of hydrogen-bond acceptors (Lipinski definition) is 2. The number of nitrogens with one attached hydrogen (secondary N) is 1. The van der Waals surface area contributed by atoms with Gasteiger partial charge in [0.15, 0.2) is 0 Å². The molecule has 0 bridgehead atoms. The SMILES string of the molecule is CCC(C)C(NN)c1cc(Cl)ccc1I. The molecule has 0 spiro atoms. The van der Waals surface area contributed by atoms with Gasteiger partial charge in [-0.25, -0.2) is 0 Å². The predicted octanol–water partition coefficient (Wildman–Crippen LogP) is 3.50. The third kappa shape index (κ3) is 3.31. The third-order valence-corrected chi connectivity index (χ3v) is 3.90. The van der Waals surface area contributed by atoms with Gasteiger partial charge in [-0.05, 0) is 52.3 Å². The van der Waals surface area contributed by atoms with E-state index in [0.29, 0.717) is 5.92 Å². The van der Waals surface area contributed by atoms with Gasteiger partial charge in [0.2, 0.25) is 0 Å². The van der Waals surface area contributed by atoms with Crippen LogP contribution in [-0.4, -0.2) is 0 Å². The normalized spacial score (nSPS) is 15.0. The molecule has 2 atom stereocenters. The topological polar surface area (TPSA) is 38.0 Å². The molecule has 0 saturated carbocycles. The van der Waals surface area contributed by atoms with E-state index in [4.69, 9.17) is 17.4 Å². The molecule has 2 unspecified atom stereocenters. The Balaban J connectivity index is 3.05. The zero-order chi connectivity index (χ0) is 11.4. The molecule has 3 N–H and O–H groups in total. The first-order valence-electron chi connectivity index (χ1n) is 5.01. The number of hydrogen-bond donors (Lipinski definition) is 2. The molecule has 0 radical (unpaired) electrons. The van der Waals surface area contributed by atoms with Crippen LogP contribution >= 0.6 is 34.2 Å². The summed E-state index contributed by atoms with van der Waals surface area (Å²) in [6.07, 6.45) is 1.08. The van der Waals surface area contributed by atoms with Crippen LogP contribution in [0, 0.1) is 9.49 Å². The summed E-state index contributed by atoms with van der Waals surface area (Å²) >= 11 is 8.30. The van der Waals surface area contributed by atoms with Crippen molar-refractivity contribution in [3.63, 3.8) is 0 Å². The van der Waals surface area contributed by atoms with E-state index < -0.39 is 0 Å². The van der Waals surface area contributed by atoms with Crippen LogP contribution in [0.2, 0.25) is 5.02 Å². The van der Waals surface area contributed by atoms with E-state index in [-0.39, 0.29) is 6.04 Å². The monoisotopic (exact) mass is 338 g/mol. The van der Waals surface area contributed by atoms with Crippen LogP contribution in [0.1, 0.15) is 31.9 Å². The van der Waals surface area contributed by atoms with Crippen molar-refractivity contribution in [3.8, 4) is 0 Å². The van der Waals surface area contributed by atoms with E-state index >= 15 is 0 Å². The molecular weight excluding hydrogens is 322 g/mol. The average Bonchev–Trinajstić information content (AvgIpc) is 2.23. The van der Waals surface area contributed by atoms with Crippen molar-refractivity contribution in [1.29, 1.82) is 0 Å². The summed E-state index contributed by atoms with van der Waals surface area (Å²) in [6, 6.07) is 6.07. The van der Waals surface area contributed by atoms with E-state index in [0.717, 1.165) is 11.4 Å². The van der Waals surface area contributed by atoms with Crippen molar-refractivity contribution in [2.24, 2.45) is 11.8 Å². The van der Waals surface area contributed by atoms with E-state index in [2.05, 4.69) is 41.9 Å². The van der Waals surface area contributed by atoms with Gasteiger partial charge in [-0.15, -0.1) is 0 Å². The quantitative estimate of drug-likeness (QED) is 0.501. The van der Waals surface area contributed by atoms with Crippen molar-refractivity contribution in [3.05, 3.63) is 32.4 Å². The molecule has 15 heavy (non-hydrogen) atoms. The van der Waals surface area contributed by atoms with Crippen molar-refractivity contribution in [2.75, 3.05) is 0 Å². The minimum absolute atomic E-state index is 0.167. The number of halogens is 2. The summed E-state index contributed by atoms with van der Waals surface area (Å²) in [4.78, 5) is 0. The molecule has 0 fully saturated rings. The molecule has 0 aromatic heterocycles. The summed E-state index contributed by atoms with van der Waals surface area (Å²) < 4.78 is 1.19. The molecule has 0 aliphatic carbocycles. The third-order valence-electron chi connectivity index (χ3n) is 2.69. The fraction of sp³-hybridized carbons (Fsp3) is 0.455. The Hall–Kier alpha value is 0.160. The van der Waals surface area contributed by atoms with Crippen LogP contribution in [0.3, 0.4) is 0 Å². The van der Waals surface area contributed by atoms with Crippen molar-refractivity contribution in [1.82, 2.24) is 5.43 Å². The number of rotatable bonds is 4. The Morgan fingerprint density at radius 1 is 1.53 bits per heavy atom. The first-order chi connectivity index (χ1) is 7.10. The lowest BCUT2D eigenvalue weighted by Crippen LogP contribution is -2.32. The van der Waals surface area contributed by atoms with Crippen LogP contribution in [0.4, 0.5) is 0 Å². The summed E-state index contributed by atoms with van der Waals surface area (Å²) in [5.74, 6) is 6.09. The van der Waals surface area contributed by atoms with Crippen molar-refractivity contribution in [2.45, 2.75) is 26.3 Å². The van der Waals surface area contributed by atoms with Gasteiger partial charge in [-0.3, -0.25) is 11.3 Å². The van der Waals surface area contributed by atoms with Crippen LogP contribution in [-0.2, 0) is 0 Å². The molecule has 1 aromatic carbocycles. The Kier molecular flexibility index (Phi) is 5.32. The highest BCUT2D eigenvalue weighted by Gasteiger charge is 2.18. The van der Waals surface area contributed by atoms with Crippen molar-refractivity contribution >= 4 is 34.2 Å². The van der Waals surface area contributed by atoms with Crippen LogP contribution in [0.25, 0.3) is 0 Å². The summed E-state index contributed by atoms with van der Waals surface area (Å²) in [5, 5.41) is 0.758. The molecule has 0 heterocycles. The lowest BCUT2D eigenvalue weighted by atomic mass is 9.93. The van der Waals surface area contributed by atoms with Gasteiger partial charge in [0.05, 0.1) is 0 Å². The lowest BCUT2D eigenvalue weighted by molar-refractivity contribution is 0.381. The fourth-order valence-corrected chi connectivity index (χ4v) is 2.40. The predicted molar refractivity (Wildman–Crippen MR) is 73.7 cm³/mol. The van der Waals surface area contributed by atoms with Gasteiger partial charge >= 0.3 is 0 Å². The smallest absolute Gasteiger partial charge is 0.0496 e. The van der Waals surface area contributed by atoms with Crippen molar-refractivity contribution < 1.29 is 0 Å². The van der Waals surface area contributed by atoms with Crippen LogP contribution in [0.15, 0.2) is 18.2 Å². The van der Waals surface area contributed by atoms with E-state index in [1.807, 2.05) is 18.2 Å². The second kappa shape index (κ2) is 6.03. The van der Waals surface area contributed by atoms with E-state index in [1.54, 1.807) is 0 Å². The maximum atomic E-state index is 5.99. The molecule has 0 saturated heterocycles. The summed E-state index contributed by atoms with van der Waals surface area (Å²) in [7, 11) is 0. The van der Waals surface area contributed by atoms with Crippen LogP contribution in [0.5, 0.6) is 0 Å². The van der Waals surface area contributed by atoms with E-state index in [1.165, 1.54) is 9.13 Å². The Morgan fingerprint density at radius 3 is 2.73 bits per heavy atom. The zero-order valence-corrected chi connectivity index (χ0v) is 11.8. The fourth-order valence-electron chi connectivity index (χ4n) is 1.55. The summed E-state index contributed by atoms with van der Waals surface area (Å²) in [5.41, 5.74) is 4.05. The number of benzene rings is 1. The maximum Gasteiger partial charge on any atom is 0.0496 e. The molecule has 1 rings (SSSR count). The number of nitrogens with two attached hydrogens (primary N) is 1. The largest absolute Gasteiger partial charge is 0.271 e. The van der Waals surface area contributed by atoms with Gasteiger partial charge < -0.3 is 0 Å². The van der Waals surface area contributed by atoms with Gasteiger partial charge in [-0.1, -0.05) is 31.9 Å². The minimum atomic E-state index is 0.167. The lowest BCUT2D eigenvalue weighted by Gasteiger charge is -2.23. The molecule has 1 aromatic rings. The highest BCUT2D eigenvalue weighted by Crippen LogP contribution is 2.29. The van der Waals surface area contributed by atoms with Gasteiger partial charge in [-0.2, -0.15) is 0 Å². The molecule has 0 amide bonds. The second-order valence-corrected chi connectivity index (χ2v) is 5.29. The highest BCUT2D eigenvalue weighted by molar-refractivity contribution is 14.1. The van der Waals surface area contributed by atoms with Gasteiger partial charge in [0, 0.05) is 14.6 Å². The molecule has 2 nitrogen and oxygen atoms in total. The summed E-state index contributed by atoms with van der Waals surface area (Å²) in [6.45, 7) is 4.34. The second-order valence-electron chi connectivity index (χ2n) is 3.70. The molecule has 0 aliphatic heterocycles. The minimum Gasteiger partial charge on any atom is -0.271 e. The zero-order valence-electron chi connectivity index (χ0n) is 8.93. The van der Waals surface area contributed by atoms with Gasteiger partial charge in [0.25, 0.3) is 0 Å². The standard InChI is InChI=1S/C11H16ClIN2/c1-3-7(2)11(15-14)9-6-8(12)4-5-10(9)13/h4-7,11,15H,3,14H2,1-2H3. The molecule has 84 valence electrons. The van der Waals surface area contributed by atoms with E-state index in [9.17, 15) is 0 Å².